The van der Waals surface area contributed by atoms with Crippen LogP contribution in [0.4, 0.5) is 0 Å². The summed E-state index contributed by atoms with van der Waals surface area (Å²) in [4.78, 5) is 11.5. The Bertz CT molecular complexity index is 433. The normalized spacial score (nSPS) is 10.1. The Morgan fingerprint density at radius 1 is 1.26 bits per heavy atom. The smallest absolute Gasteiger partial charge is 0.220 e. The molecule has 1 aromatic rings. The summed E-state index contributed by atoms with van der Waals surface area (Å²) in [6.07, 6.45) is 1.17. The number of carbonyl (C=O) groups is 1. The van der Waals surface area contributed by atoms with Gasteiger partial charge in [-0.05, 0) is 43.1 Å². The zero-order chi connectivity index (χ0) is 14.3. The minimum Gasteiger partial charge on any atom is -0.493 e. The van der Waals surface area contributed by atoms with Gasteiger partial charge in [0.25, 0.3) is 0 Å². The first-order valence-corrected chi connectivity index (χ1v) is 6.30. The molecule has 19 heavy (non-hydrogen) atoms. The minimum atomic E-state index is 0.0136. The van der Waals surface area contributed by atoms with Crippen LogP contribution < -0.4 is 20.5 Å². The van der Waals surface area contributed by atoms with Crippen LogP contribution in [0.15, 0.2) is 12.1 Å². The van der Waals surface area contributed by atoms with E-state index in [0.29, 0.717) is 37.4 Å². The SMILES string of the molecule is COc1cc(C)c(CNC(=O)CCCN)cc1OC. The maximum Gasteiger partial charge on any atom is 0.220 e. The molecule has 0 heterocycles. The van der Waals surface area contributed by atoms with E-state index in [0.717, 1.165) is 11.1 Å². The largest absolute Gasteiger partial charge is 0.493 e. The van der Waals surface area contributed by atoms with Gasteiger partial charge in [0.1, 0.15) is 0 Å². The maximum atomic E-state index is 11.5. The highest BCUT2D eigenvalue weighted by Crippen LogP contribution is 2.30. The van der Waals surface area contributed by atoms with Crippen molar-refractivity contribution in [2.45, 2.75) is 26.3 Å². The third-order valence-electron chi connectivity index (χ3n) is 2.93. The monoisotopic (exact) mass is 266 g/mol. The van der Waals surface area contributed by atoms with Crippen molar-refractivity contribution >= 4 is 5.91 Å². The Morgan fingerprint density at radius 2 is 1.89 bits per heavy atom. The van der Waals surface area contributed by atoms with Gasteiger partial charge in [0.2, 0.25) is 5.91 Å². The third kappa shape index (κ3) is 4.44. The average Bonchev–Trinajstić information content (AvgIpc) is 2.43. The van der Waals surface area contributed by atoms with Gasteiger partial charge in [-0.15, -0.1) is 0 Å². The van der Waals surface area contributed by atoms with Crippen molar-refractivity contribution in [3.63, 3.8) is 0 Å². The van der Waals surface area contributed by atoms with Gasteiger partial charge in [-0.1, -0.05) is 0 Å². The molecule has 0 atom stereocenters. The molecule has 1 rings (SSSR count). The van der Waals surface area contributed by atoms with Crippen molar-refractivity contribution in [3.8, 4) is 11.5 Å². The lowest BCUT2D eigenvalue weighted by molar-refractivity contribution is -0.121. The molecule has 0 aromatic heterocycles. The second kappa shape index (κ2) is 7.63. The van der Waals surface area contributed by atoms with Crippen LogP contribution in [0, 0.1) is 6.92 Å². The van der Waals surface area contributed by atoms with Crippen LogP contribution in [0.2, 0.25) is 0 Å². The number of aryl methyl sites for hydroxylation is 1. The van der Waals surface area contributed by atoms with E-state index in [-0.39, 0.29) is 5.91 Å². The van der Waals surface area contributed by atoms with Crippen LogP contribution >= 0.6 is 0 Å². The summed E-state index contributed by atoms with van der Waals surface area (Å²) in [5, 5.41) is 2.87. The first-order valence-electron chi connectivity index (χ1n) is 6.30. The van der Waals surface area contributed by atoms with E-state index in [2.05, 4.69) is 5.32 Å². The summed E-state index contributed by atoms with van der Waals surface area (Å²) in [5.41, 5.74) is 7.43. The lowest BCUT2D eigenvalue weighted by Crippen LogP contribution is -2.23. The molecule has 0 spiro atoms. The molecule has 0 aliphatic heterocycles. The number of benzene rings is 1. The molecule has 0 fully saturated rings. The first kappa shape index (κ1) is 15.3. The highest BCUT2D eigenvalue weighted by atomic mass is 16.5. The van der Waals surface area contributed by atoms with E-state index >= 15 is 0 Å². The predicted molar refractivity (Wildman–Crippen MR) is 74.4 cm³/mol. The Kier molecular flexibility index (Phi) is 6.15. The van der Waals surface area contributed by atoms with Crippen LogP contribution in [0.1, 0.15) is 24.0 Å². The number of amides is 1. The van der Waals surface area contributed by atoms with E-state index in [1.165, 1.54) is 0 Å². The zero-order valence-corrected chi connectivity index (χ0v) is 11.8. The third-order valence-corrected chi connectivity index (χ3v) is 2.93. The average molecular weight is 266 g/mol. The van der Waals surface area contributed by atoms with Crippen molar-refractivity contribution < 1.29 is 14.3 Å². The van der Waals surface area contributed by atoms with Crippen molar-refractivity contribution in [1.82, 2.24) is 5.32 Å². The first-order chi connectivity index (χ1) is 9.12. The summed E-state index contributed by atoms with van der Waals surface area (Å²) >= 11 is 0. The molecule has 0 saturated heterocycles. The summed E-state index contributed by atoms with van der Waals surface area (Å²) in [5.74, 6) is 1.37. The molecular formula is C14H22N2O3. The number of carbonyl (C=O) groups excluding carboxylic acids is 1. The van der Waals surface area contributed by atoms with Gasteiger partial charge >= 0.3 is 0 Å². The molecule has 0 bridgehead atoms. The number of hydrogen-bond acceptors (Lipinski definition) is 4. The molecule has 5 nitrogen and oxygen atoms in total. The number of hydrogen-bond donors (Lipinski definition) is 2. The van der Waals surface area contributed by atoms with E-state index in [1.54, 1.807) is 14.2 Å². The Morgan fingerprint density at radius 3 is 2.47 bits per heavy atom. The Balaban J connectivity index is 2.70. The van der Waals surface area contributed by atoms with Gasteiger partial charge in [0.05, 0.1) is 14.2 Å². The standard InChI is InChI=1S/C14H22N2O3/c1-10-7-12(18-2)13(19-3)8-11(10)9-16-14(17)5-4-6-15/h7-8H,4-6,9,15H2,1-3H3,(H,16,17). The summed E-state index contributed by atoms with van der Waals surface area (Å²) in [6, 6.07) is 3.79. The quantitative estimate of drug-likeness (QED) is 0.781. The van der Waals surface area contributed by atoms with Crippen molar-refractivity contribution in [2.24, 2.45) is 5.73 Å². The number of nitrogens with two attached hydrogens (primary N) is 1. The number of nitrogens with one attached hydrogen (secondary N) is 1. The van der Waals surface area contributed by atoms with Crippen molar-refractivity contribution in [3.05, 3.63) is 23.3 Å². The second-order valence-electron chi connectivity index (χ2n) is 4.30. The molecule has 106 valence electrons. The zero-order valence-electron chi connectivity index (χ0n) is 11.8. The fourth-order valence-electron chi connectivity index (χ4n) is 1.76. The predicted octanol–water partition coefficient (Wildman–Crippen LogP) is 1.37. The molecule has 1 aromatic carbocycles. The van der Waals surface area contributed by atoms with Crippen LogP contribution in [0.25, 0.3) is 0 Å². The maximum absolute atomic E-state index is 11.5. The molecule has 0 aliphatic carbocycles. The van der Waals surface area contributed by atoms with Crippen LogP contribution in [0.5, 0.6) is 11.5 Å². The molecular weight excluding hydrogens is 244 g/mol. The molecule has 1 amide bonds. The van der Waals surface area contributed by atoms with Crippen molar-refractivity contribution in [2.75, 3.05) is 20.8 Å². The molecule has 3 N–H and O–H groups in total. The van der Waals surface area contributed by atoms with Gasteiger partial charge in [-0.25, -0.2) is 0 Å². The van der Waals surface area contributed by atoms with Gasteiger partial charge in [0.15, 0.2) is 11.5 Å². The molecule has 5 heteroatoms. The molecule has 0 saturated carbocycles. The Hall–Kier alpha value is -1.75. The van der Waals surface area contributed by atoms with Gasteiger partial charge in [-0.2, -0.15) is 0 Å². The number of rotatable bonds is 7. The topological polar surface area (TPSA) is 73.6 Å². The second-order valence-corrected chi connectivity index (χ2v) is 4.30. The van der Waals surface area contributed by atoms with Crippen molar-refractivity contribution in [1.29, 1.82) is 0 Å². The van der Waals surface area contributed by atoms with Crippen LogP contribution in [0.3, 0.4) is 0 Å². The Labute approximate surface area is 114 Å². The van der Waals surface area contributed by atoms with E-state index in [4.69, 9.17) is 15.2 Å². The van der Waals surface area contributed by atoms with Crippen LogP contribution in [-0.4, -0.2) is 26.7 Å². The number of ether oxygens (including phenoxy) is 2. The van der Waals surface area contributed by atoms with E-state index in [9.17, 15) is 4.79 Å². The van der Waals surface area contributed by atoms with E-state index in [1.807, 2.05) is 19.1 Å². The summed E-state index contributed by atoms with van der Waals surface area (Å²) in [6.45, 7) is 2.99. The van der Waals surface area contributed by atoms with Gasteiger partial charge < -0.3 is 20.5 Å². The lowest BCUT2D eigenvalue weighted by Gasteiger charge is -2.13. The lowest BCUT2D eigenvalue weighted by atomic mass is 10.1. The highest BCUT2D eigenvalue weighted by molar-refractivity contribution is 5.75. The van der Waals surface area contributed by atoms with Gasteiger partial charge in [-0.3, -0.25) is 4.79 Å². The van der Waals surface area contributed by atoms with Gasteiger partial charge in [0, 0.05) is 13.0 Å². The molecule has 0 unspecified atom stereocenters. The van der Waals surface area contributed by atoms with E-state index < -0.39 is 0 Å². The fourth-order valence-corrected chi connectivity index (χ4v) is 1.76. The minimum absolute atomic E-state index is 0.0136. The highest BCUT2D eigenvalue weighted by Gasteiger charge is 2.09. The molecule has 0 radical (unpaired) electrons. The van der Waals surface area contributed by atoms with Crippen LogP contribution in [-0.2, 0) is 11.3 Å². The summed E-state index contributed by atoms with van der Waals surface area (Å²) in [7, 11) is 3.20. The summed E-state index contributed by atoms with van der Waals surface area (Å²) < 4.78 is 10.5. The molecule has 0 aliphatic rings. The number of methoxy groups -OCH3 is 2. The fraction of sp³-hybridized carbons (Fsp3) is 0.500.